The molecule has 0 atom stereocenters. The molecule has 1 aromatic carbocycles. The van der Waals surface area contributed by atoms with Crippen LogP contribution in [0.5, 0.6) is 0 Å². The maximum atomic E-state index is 12.5. The van der Waals surface area contributed by atoms with E-state index in [0.717, 1.165) is 43.0 Å². The Kier molecular flexibility index (Phi) is 5.63. The molecule has 0 radical (unpaired) electrons. The van der Waals surface area contributed by atoms with Crippen molar-refractivity contribution >= 4 is 50.6 Å². The number of halogens is 2. The average molecular weight is 390 g/mol. The summed E-state index contributed by atoms with van der Waals surface area (Å²) in [4.78, 5) is 12.9. The third-order valence-electron chi connectivity index (χ3n) is 3.96. The fourth-order valence-corrected chi connectivity index (χ4v) is 3.37. The smallest absolute Gasteiger partial charge is 0.252 e. The van der Waals surface area contributed by atoms with Crippen molar-refractivity contribution in [2.75, 3.05) is 0 Å². The fourth-order valence-electron chi connectivity index (χ4n) is 2.69. The molecule has 1 aromatic rings. The van der Waals surface area contributed by atoms with Gasteiger partial charge in [-0.15, -0.1) is 0 Å². The molecule has 0 aromatic heterocycles. The van der Waals surface area contributed by atoms with E-state index in [1.54, 1.807) is 18.2 Å². The van der Waals surface area contributed by atoms with Crippen molar-refractivity contribution < 1.29 is 4.79 Å². The normalized spacial score (nSPS) is 17.8. The van der Waals surface area contributed by atoms with Gasteiger partial charge in [0.2, 0.25) is 0 Å². The van der Waals surface area contributed by atoms with Crippen LogP contribution in [0.15, 0.2) is 22.7 Å². The van der Waals surface area contributed by atoms with Gasteiger partial charge in [0.1, 0.15) is 0 Å². The van der Waals surface area contributed by atoms with Gasteiger partial charge in [0.25, 0.3) is 5.91 Å². The monoisotopic (exact) mass is 388 g/mol. The van der Waals surface area contributed by atoms with E-state index in [2.05, 4.69) is 21.2 Å². The number of nitrogens with two attached hydrogens (primary N) is 1. The second kappa shape index (κ2) is 7.07. The third-order valence-corrected chi connectivity index (χ3v) is 5.59. The lowest BCUT2D eigenvalue weighted by Crippen LogP contribution is -2.56. The Bertz CT molecular complexity index is 557. The number of hydrogen-bond donors (Lipinski definition) is 2. The zero-order chi connectivity index (χ0) is 15.5. The van der Waals surface area contributed by atoms with Crippen LogP contribution >= 0.6 is 39.7 Å². The molecule has 3 N–H and O–H groups in total. The average Bonchev–Trinajstić information content (AvgIpc) is 2.68. The Morgan fingerprint density at radius 3 is 2.43 bits per heavy atom. The van der Waals surface area contributed by atoms with Crippen LogP contribution in [-0.4, -0.2) is 16.4 Å². The second-order valence-electron chi connectivity index (χ2n) is 5.44. The van der Waals surface area contributed by atoms with Crippen molar-refractivity contribution in [1.82, 2.24) is 5.32 Å². The van der Waals surface area contributed by atoms with E-state index in [9.17, 15) is 4.79 Å². The van der Waals surface area contributed by atoms with E-state index in [1.165, 1.54) is 0 Å². The number of carbonyl (C=O) groups excluding carboxylic acids is 1. The summed E-state index contributed by atoms with van der Waals surface area (Å²) in [5, 5.41) is 3.56. The van der Waals surface area contributed by atoms with E-state index in [4.69, 9.17) is 29.6 Å². The standard InChI is InChI=1S/C15H18BrClN2OS/c16-11-6-5-10(9-12(11)17)13(20)19-15(14(18)21)7-3-1-2-4-8-15/h5-6,9H,1-4,7-8H2,(H2,18,21)(H,19,20). The summed E-state index contributed by atoms with van der Waals surface area (Å²) in [7, 11) is 0. The van der Waals surface area contributed by atoms with Gasteiger partial charge in [0.15, 0.2) is 0 Å². The molecular formula is C15H18BrClN2OS. The van der Waals surface area contributed by atoms with Gasteiger partial charge in [0, 0.05) is 10.0 Å². The second-order valence-corrected chi connectivity index (χ2v) is 7.14. The van der Waals surface area contributed by atoms with Crippen LogP contribution in [0, 0.1) is 0 Å². The molecular weight excluding hydrogens is 372 g/mol. The molecule has 1 fully saturated rings. The molecule has 1 amide bonds. The molecule has 1 aliphatic carbocycles. The molecule has 1 aliphatic rings. The van der Waals surface area contributed by atoms with Gasteiger partial charge in [-0.3, -0.25) is 4.79 Å². The zero-order valence-corrected chi connectivity index (χ0v) is 14.8. The highest BCUT2D eigenvalue weighted by atomic mass is 79.9. The molecule has 21 heavy (non-hydrogen) atoms. The number of rotatable bonds is 3. The van der Waals surface area contributed by atoms with Crippen molar-refractivity contribution in [3.05, 3.63) is 33.3 Å². The van der Waals surface area contributed by atoms with Crippen molar-refractivity contribution in [3.8, 4) is 0 Å². The first-order valence-electron chi connectivity index (χ1n) is 7.02. The predicted molar refractivity (Wildman–Crippen MR) is 93.8 cm³/mol. The van der Waals surface area contributed by atoms with Crippen molar-refractivity contribution in [3.63, 3.8) is 0 Å². The van der Waals surface area contributed by atoms with Gasteiger partial charge in [-0.1, -0.05) is 49.5 Å². The lowest BCUT2D eigenvalue weighted by molar-refractivity contribution is 0.0917. The van der Waals surface area contributed by atoms with Gasteiger partial charge in [-0.25, -0.2) is 0 Å². The Morgan fingerprint density at radius 1 is 1.29 bits per heavy atom. The summed E-state index contributed by atoms with van der Waals surface area (Å²) in [6, 6.07) is 5.14. The summed E-state index contributed by atoms with van der Waals surface area (Å²) < 4.78 is 0.763. The highest BCUT2D eigenvalue weighted by Gasteiger charge is 2.35. The third kappa shape index (κ3) is 3.96. The van der Waals surface area contributed by atoms with E-state index < -0.39 is 5.54 Å². The summed E-state index contributed by atoms with van der Waals surface area (Å²) in [6.45, 7) is 0. The van der Waals surface area contributed by atoms with Gasteiger partial charge in [-0.2, -0.15) is 0 Å². The van der Waals surface area contributed by atoms with Crippen LogP contribution in [0.4, 0.5) is 0 Å². The Balaban J connectivity index is 2.21. The van der Waals surface area contributed by atoms with Crippen molar-refractivity contribution in [2.24, 2.45) is 5.73 Å². The first-order chi connectivity index (χ1) is 9.94. The number of amides is 1. The molecule has 3 nitrogen and oxygen atoms in total. The summed E-state index contributed by atoms with van der Waals surface area (Å²) >= 11 is 14.6. The molecule has 0 spiro atoms. The SMILES string of the molecule is NC(=S)C1(NC(=O)c2ccc(Br)c(Cl)c2)CCCCCC1. The largest absolute Gasteiger partial charge is 0.391 e. The van der Waals surface area contributed by atoms with E-state index in [0.29, 0.717) is 15.6 Å². The van der Waals surface area contributed by atoms with E-state index in [-0.39, 0.29) is 5.91 Å². The highest BCUT2D eigenvalue weighted by molar-refractivity contribution is 9.10. The van der Waals surface area contributed by atoms with Gasteiger partial charge in [0.05, 0.1) is 15.6 Å². The molecule has 1 saturated carbocycles. The van der Waals surface area contributed by atoms with Gasteiger partial charge >= 0.3 is 0 Å². The fraction of sp³-hybridized carbons (Fsp3) is 0.467. The maximum absolute atomic E-state index is 12.5. The molecule has 0 aliphatic heterocycles. The van der Waals surface area contributed by atoms with Gasteiger partial charge < -0.3 is 11.1 Å². The molecule has 2 rings (SSSR count). The van der Waals surface area contributed by atoms with Gasteiger partial charge in [-0.05, 0) is 47.0 Å². The highest BCUT2D eigenvalue weighted by Crippen LogP contribution is 2.29. The van der Waals surface area contributed by atoms with Crippen LogP contribution in [0.2, 0.25) is 5.02 Å². The van der Waals surface area contributed by atoms with Crippen molar-refractivity contribution in [2.45, 2.75) is 44.1 Å². The molecule has 0 unspecified atom stereocenters. The Morgan fingerprint density at radius 2 is 1.90 bits per heavy atom. The lowest BCUT2D eigenvalue weighted by Gasteiger charge is -2.33. The van der Waals surface area contributed by atoms with Crippen LogP contribution in [0.25, 0.3) is 0 Å². The van der Waals surface area contributed by atoms with E-state index >= 15 is 0 Å². The molecule has 6 heteroatoms. The Labute approximate surface area is 143 Å². The number of hydrogen-bond acceptors (Lipinski definition) is 2. The minimum absolute atomic E-state index is 0.181. The lowest BCUT2D eigenvalue weighted by atomic mass is 9.89. The summed E-state index contributed by atoms with van der Waals surface area (Å²) in [5.41, 5.74) is 5.88. The minimum Gasteiger partial charge on any atom is -0.391 e. The van der Waals surface area contributed by atoms with Crippen LogP contribution in [0.3, 0.4) is 0 Å². The predicted octanol–water partition coefficient (Wildman–Crippen LogP) is 4.21. The molecule has 0 heterocycles. The first-order valence-corrected chi connectivity index (χ1v) is 8.60. The van der Waals surface area contributed by atoms with Crippen LogP contribution < -0.4 is 11.1 Å². The topological polar surface area (TPSA) is 55.1 Å². The number of thiocarbonyl (C=S) groups is 1. The number of benzene rings is 1. The first kappa shape index (κ1) is 16.7. The van der Waals surface area contributed by atoms with E-state index in [1.807, 2.05) is 0 Å². The van der Waals surface area contributed by atoms with Crippen LogP contribution in [0.1, 0.15) is 48.9 Å². The molecule has 0 saturated heterocycles. The number of nitrogens with one attached hydrogen (secondary N) is 1. The number of carbonyl (C=O) groups is 1. The Hall–Kier alpha value is -0.650. The molecule has 114 valence electrons. The van der Waals surface area contributed by atoms with Crippen molar-refractivity contribution in [1.29, 1.82) is 0 Å². The summed E-state index contributed by atoms with van der Waals surface area (Å²) in [5.74, 6) is -0.181. The van der Waals surface area contributed by atoms with Crippen LogP contribution in [-0.2, 0) is 0 Å². The molecule has 0 bridgehead atoms. The maximum Gasteiger partial charge on any atom is 0.252 e. The minimum atomic E-state index is -0.567. The summed E-state index contributed by atoms with van der Waals surface area (Å²) in [6.07, 6.45) is 5.97. The zero-order valence-electron chi connectivity index (χ0n) is 11.6. The quantitative estimate of drug-likeness (QED) is 0.601.